The molecule has 0 N–H and O–H groups in total. The molecule has 0 saturated heterocycles. The Bertz CT molecular complexity index is 1130. The molecule has 0 unspecified atom stereocenters. The van der Waals surface area contributed by atoms with Crippen LogP contribution in [0.5, 0.6) is 0 Å². The van der Waals surface area contributed by atoms with Crippen molar-refractivity contribution in [1.82, 2.24) is 0 Å². The van der Waals surface area contributed by atoms with Crippen LogP contribution in [0.2, 0.25) is 10.0 Å². The van der Waals surface area contributed by atoms with Crippen LogP contribution in [-0.2, 0) is 21.0 Å². The van der Waals surface area contributed by atoms with Gasteiger partial charge in [-0.2, -0.15) is 0 Å². The Labute approximate surface area is 176 Å². The van der Waals surface area contributed by atoms with Gasteiger partial charge in [-0.15, -0.1) is 0 Å². The lowest BCUT2D eigenvalue weighted by molar-refractivity contribution is 0.595. The third-order valence-electron chi connectivity index (χ3n) is 5.44. The summed E-state index contributed by atoms with van der Waals surface area (Å²) in [6.07, 6.45) is 2.33. The van der Waals surface area contributed by atoms with E-state index in [1.165, 1.54) is 5.56 Å². The molecule has 1 aliphatic carbocycles. The highest BCUT2D eigenvalue weighted by Gasteiger charge is 2.39. The molecule has 4 rings (SSSR count). The maximum atomic E-state index is 12.9. The second-order valence-electron chi connectivity index (χ2n) is 7.67. The molecule has 0 aromatic heterocycles. The van der Waals surface area contributed by atoms with Crippen LogP contribution in [0.25, 0.3) is 11.1 Å². The molecule has 0 amide bonds. The van der Waals surface area contributed by atoms with Crippen LogP contribution in [0.1, 0.15) is 30.9 Å². The molecule has 0 aliphatic heterocycles. The van der Waals surface area contributed by atoms with E-state index in [4.69, 9.17) is 23.2 Å². The Balaban J connectivity index is 1.58. The van der Waals surface area contributed by atoms with Crippen molar-refractivity contribution in [3.63, 3.8) is 0 Å². The first-order valence-electron chi connectivity index (χ1n) is 9.15. The van der Waals surface area contributed by atoms with Crippen LogP contribution in [0, 0.1) is 0 Å². The van der Waals surface area contributed by atoms with E-state index in [1.54, 1.807) is 36.4 Å². The molecule has 3 aromatic carbocycles. The molecule has 144 valence electrons. The zero-order valence-electron chi connectivity index (χ0n) is 15.5. The van der Waals surface area contributed by atoms with E-state index >= 15 is 0 Å². The van der Waals surface area contributed by atoms with E-state index in [9.17, 15) is 8.42 Å². The maximum Gasteiger partial charge on any atom is 0.182 e. The van der Waals surface area contributed by atoms with Gasteiger partial charge in [0.2, 0.25) is 0 Å². The van der Waals surface area contributed by atoms with Gasteiger partial charge in [0.15, 0.2) is 9.84 Å². The average Bonchev–Trinajstić information content (AvgIpc) is 3.41. The molecule has 0 bridgehead atoms. The molecule has 1 saturated carbocycles. The fourth-order valence-electron chi connectivity index (χ4n) is 3.38. The zero-order valence-corrected chi connectivity index (χ0v) is 17.8. The fraction of sp³-hybridized carbons (Fsp3) is 0.217. The van der Waals surface area contributed by atoms with Crippen molar-refractivity contribution in [3.8, 4) is 11.1 Å². The van der Waals surface area contributed by atoms with Crippen molar-refractivity contribution in [1.29, 1.82) is 0 Å². The van der Waals surface area contributed by atoms with Crippen molar-refractivity contribution in [2.24, 2.45) is 0 Å². The number of sulfone groups is 1. The van der Waals surface area contributed by atoms with Crippen LogP contribution in [0.15, 0.2) is 71.6 Å². The quantitative estimate of drug-likeness (QED) is 0.451. The molecular weight excluding hydrogens is 411 g/mol. The van der Waals surface area contributed by atoms with E-state index in [0.717, 1.165) is 29.5 Å². The first-order valence-corrected chi connectivity index (χ1v) is 11.6. The zero-order chi connectivity index (χ0) is 19.9. The van der Waals surface area contributed by atoms with Crippen LogP contribution < -0.4 is 0 Å². The van der Waals surface area contributed by atoms with Crippen LogP contribution in [0.4, 0.5) is 0 Å². The molecule has 5 heteroatoms. The minimum Gasteiger partial charge on any atom is -0.223 e. The minimum atomic E-state index is -3.43. The van der Waals surface area contributed by atoms with Crippen LogP contribution >= 0.6 is 23.2 Å². The SMILES string of the molecule is CC1(c2cccc(CS(=O)(=O)c3ccc(-c4ccc(Cl)cc4Cl)cc3)c2)CC1. The topological polar surface area (TPSA) is 34.1 Å². The summed E-state index contributed by atoms with van der Waals surface area (Å²) in [4.78, 5) is 0.310. The summed E-state index contributed by atoms with van der Waals surface area (Å²) < 4.78 is 25.8. The van der Waals surface area contributed by atoms with E-state index in [2.05, 4.69) is 13.0 Å². The average molecular weight is 431 g/mol. The Kier molecular flexibility index (Phi) is 5.03. The predicted octanol–water partition coefficient (Wildman–Crippen LogP) is 6.69. The monoisotopic (exact) mass is 430 g/mol. The van der Waals surface area contributed by atoms with Gasteiger partial charge in [-0.25, -0.2) is 8.42 Å². The molecule has 3 aromatic rings. The number of hydrogen-bond acceptors (Lipinski definition) is 2. The summed E-state index contributed by atoms with van der Waals surface area (Å²) in [5.74, 6) is -0.00202. The van der Waals surface area contributed by atoms with Gasteiger partial charge in [-0.3, -0.25) is 0 Å². The van der Waals surface area contributed by atoms with Crippen molar-refractivity contribution >= 4 is 33.0 Å². The van der Waals surface area contributed by atoms with Gasteiger partial charge in [0, 0.05) is 15.6 Å². The second-order valence-corrected chi connectivity index (χ2v) is 10.5. The number of halogens is 2. The van der Waals surface area contributed by atoms with E-state index in [1.807, 2.05) is 24.3 Å². The van der Waals surface area contributed by atoms with Crippen molar-refractivity contribution in [2.45, 2.75) is 35.8 Å². The molecule has 0 atom stereocenters. The molecule has 28 heavy (non-hydrogen) atoms. The smallest absolute Gasteiger partial charge is 0.182 e. The Morgan fingerprint density at radius 2 is 1.64 bits per heavy atom. The number of hydrogen-bond donors (Lipinski definition) is 0. The Morgan fingerprint density at radius 3 is 2.29 bits per heavy atom. The first-order chi connectivity index (χ1) is 13.3. The maximum absolute atomic E-state index is 12.9. The van der Waals surface area contributed by atoms with Gasteiger partial charge in [-0.1, -0.05) is 72.6 Å². The standard InChI is InChI=1S/C23H20Cl2O2S/c1-23(11-12-23)18-4-2-3-16(13-18)15-28(26,27)20-8-5-17(6-9-20)21-10-7-19(24)14-22(21)25/h2-10,13-14H,11-12,15H2,1H3. The van der Waals surface area contributed by atoms with Gasteiger partial charge in [-0.05, 0) is 59.2 Å². The highest BCUT2D eigenvalue weighted by molar-refractivity contribution is 7.90. The van der Waals surface area contributed by atoms with E-state index < -0.39 is 9.84 Å². The van der Waals surface area contributed by atoms with Crippen molar-refractivity contribution < 1.29 is 8.42 Å². The second kappa shape index (κ2) is 7.22. The van der Waals surface area contributed by atoms with Crippen molar-refractivity contribution in [3.05, 3.63) is 87.9 Å². The molecule has 1 aliphatic rings. The third-order valence-corrected chi connectivity index (χ3v) is 7.69. The first kappa shape index (κ1) is 19.5. The molecule has 2 nitrogen and oxygen atoms in total. The number of benzene rings is 3. The van der Waals surface area contributed by atoms with Gasteiger partial charge in [0.25, 0.3) is 0 Å². The van der Waals surface area contributed by atoms with E-state index in [0.29, 0.717) is 14.9 Å². The molecular formula is C23H20Cl2O2S. The van der Waals surface area contributed by atoms with Gasteiger partial charge < -0.3 is 0 Å². The summed E-state index contributed by atoms with van der Waals surface area (Å²) in [7, 11) is -3.43. The van der Waals surface area contributed by atoms with Crippen molar-refractivity contribution in [2.75, 3.05) is 0 Å². The third kappa shape index (κ3) is 3.98. The predicted molar refractivity (Wildman–Crippen MR) is 116 cm³/mol. The normalized spacial score (nSPS) is 15.4. The molecule has 1 fully saturated rings. The summed E-state index contributed by atoms with van der Waals surface area (Å²) >= 11 is 12.2. The molecule has 0 heterocycles. The van der Waals surface area contributed by atoms with Crippen LogP contribution in [0.3, 0.4) is 0 Å². The highest BCUT2D eigenvalue weighted by atomic mass is 35.5. The summed E-state index contributed by atoms with van der Waals surface area (Å²) in [6.45, 7) is 2.22. The summed E-state index contributed by atoms with van der Waals surface area (Å²) in [5, 5.41) is 1.10. The van der Waals surface area contributed by atoms with Crippen LogP contribution in [-0.4, -0.2) is 8.42 Å². The fourth-order valence-corrected chi connectivity index (χ4v) is 5.23. The largest absolute Gasteiger partial charge is 0.223 e. The van der Waals surface area contributed by atoms with Gasteiger partial charge in [0.05, 0.1) is 10.6 Å². The minimum absolute atomic E-state index is 0.00202. The Hall–Kier alpha value is -1.81. The number of rotatable bonds is 5. The summed E-state index contributed by atoms with van der Waals surface area (Å²) in [6, 6.07) is 20.1. The lowest BCUT2D eigenvalue weighted by Gasteiger charge is -2.12. The van der Waals surface area contributed by atoms with E-state index in [-0.39, 0.29) is 11.2 Å². The lowest BCUT2D eigenvalue weighted by Crippen LogP contribution is -2.07. The lowest BCUT2D eigenvalue weighted by atomic mass is 9.97. The summed E-state index contributed by atoms with van der Waals surface area (Å²) in [5.41, 5.74) is 3.95. The van der Waals surface area contributed by atoms with Gasteiger partial charge in [0.1, 0.15) is 0 Å². The highest BCUT2D eigenvalue weighted by Crippen LogP contribution is 2.47. The Morgan fingerprint density at radius 1 is 0.929 bits per heavy atom. The van der Waals surface area contributed by atoms with Gasteiger partial charge >= 0.3 is 0 Å². The molecule has 0 radical (unpaired) electrons. The molecule has 0 spiro atoms.